The molecule has 0 fully saturated rings. The molecule has 3 rings (SSSR count). The minimum absolute atomic E-state index is 0.0337. The Morgan fingerprint density at radius 2 is 1.89 bits per heavy atom. The van der Waals surface area contributed by atoms with Gasteiger partial charge in [-0.25, -0.2) is 14.6 Å². The fourth-order valence-corrected chi connectivity index (χ4v) is 2.81. The highest BCUT2D eigenvalue weighted by atomic mass is 19.4. The lowest BCUT2D eigenvalue weighted by Crippen LogP contribution is -2.12. The van der Waals surface area contributed by atoms with Gasteiger partial charge in [0, 0.05) is 37.6 Å². The van der Waals surface area contributed by atoms with Gasteiger partial charge in [-0.3, -0.25) is 4.98 Å². The smallest absolute Gasteiger partial charge is 0.433 e. The van der Waals surface area contributed by atoms with Crippen molar-refractivity contribution < 1.29 is 17.9 Å². The van der Waals surface area contributed by atoms with Crippen LogP contribution in [0.15, 0.2) is 30.6 Å². The van der Waals surface area contributed by atoms with E-state index in [4.69, 9.17) is 4.74 Å². The van der Waals surface area contributed by atoms with Gasteiger partial charge in [0.05, 0.1) is 18.4 Å². The molecule has 0 saturated heterocycles. The van der Waals surface area contributed by atoms with E-state index in [9.17, 15) is 13.2 Å². The van der Waals surface area contributed by atoms with Gasteiger partial charge in [0.15, 0.2) is 11.5 Å². The number of nitrogens with one attached hydrogen (secondary N) is 1. The molecule has 7 nitrogen and oxygen atoms in total. The first kappa shape index (κ1) is 19.6. The first-order chi connectivity index (χ1) is 13.3. The molecule has 0 amide bonds. The summed E-state index contributed by atoms with van der Waals surface area (Å²) in [5.74, 6) is 0.569. The molecule has 10 heteroatoms. The maximum absolute atomic E-state index is 13.3. The summed E-state index contributed by atoms with van der Waals surface area (Å²) in [6.07, 6.45) is -0.990. The van der Waals surface area contributed by atoms with Crippen molar-refractivity contribution in [1.29, 1.82) is 0 Å². The maximum atomic E-state index is 13.3. The number of nitrogens with zero attached hydrogens (tertiary/aromatic N) is 5. The van der Waals surface area contributed by atoms with E-state index in [-0.39, 0.29) is 18.2 Å². The van der Waals surface area contributed by atoms with E-state index in [0.29, 0.717) is 17.9 Å². The quantitative estimate of drug-likeness (QED) is 0.692. The molecule has 0 aliphatic rings. The number of rotatable bonds is 6. The van der Waals surface area contributed by atoms with Crippen molar-refractivity contribution in [3.8, 4) is 17.3 Å². The number of aromatic nitrogens is 5. The number of hydrogen-bond donors (Lipinski definition) is 1. The summed E-state index contributed by atoms with van der Waals surface area (Å²) in [5, 5.41) is 7.31. The molecule has 0 saturated carbocycles. The molecule has 1 N–H and O–H groups in total. The Morgan fingerprint density at radius 1 is 1.18 bits per heavy atom. The van der Waals surface area contributed by atoms with Crippen LogP contribution < -0.4 is 10.1 Å². The Morgan fingerprint density at radius 3 is 2.50 bits per heavy atom. The third-order valence-electron chi connectivity index (χ3n) is 4.10. The molecule has 0 spiro atoms. The number of hydrogen-bond acceptors (Lipinski definition) is 6. The number of aryl methyl sites for hydroxylation is 2. The van der Waals surface area contributed by atoms with Gasteiger partial charge in [0.25, 0.3) is 0 Å². The van der Waals surface area contributed by atoms with Crippen molar-refractivity contribution in [3.05, 3.63) is 47.5 Å². The molecular formula is C18H19F3N6O. The lowest BCUT2D eigenvalue weighted by atomic mass is 10.2. The minimum atomic E-state index is -4.60. The monoisotopic (exact) mass is 392 g/mol. The maximum Gasteiger partial charge on any atom is 0.433 e. The van der Waals surface area contributed by atoms with Crippen molar-refractivity contribution in [2.24, 2.45) is 7.05 Å². The first-order valence-electron chi connectivity index (χ1n) is 8.52. The fraction of sp³-hybridized carbons (Fsp3) is 0.333. The van der Waals surface area contributed by atoms with Crippen LogP contribution in [0.3, 0.4) is 0 Å². The summed E-state index contributed by atoms with van der Waals surface area (Å²) in [6.45, 7) is 2.16. The second kappa shape index (κ2) is 7.83. The number of alkyl halides is 3. The molecule has 148 valence electrons. The van der Waals surface area contributed by atoms with Crippen LogP contribution in [0.2, 0.25) is 0 Å². The summed E-state index contributed by atoms with van der Waals surface area (Å²) < 4.78 is 46.9. The average molecular weight is 392 g/mol. The van der Waals surface area contributed by atoms with E-state index in [2.05, 4.69) is 25.4 Å². The summed E-state index contributed by atoms with van der Waals surface area (Å²) in [5.41, 5.74) is 0.986. The van der Waals surface area contributed by atoms with Crippen LogP contribution in [0.25, 0.3) is 11.4 Å². The Bertz CT molecular complexity index is 956. The summed E-state index contributed by atoms with van der Waals surface area (Å²) in [4.78, 5) is 11.8. The molecule has 0 bridgehead atoms. The van der Waals surface area contributed by atoms with E-state index in [1.807, 2.05) is 6.92 Å². The van der Waals surface area contributed by atoms with Crippen LogP contribution in [-0.4, -0.2) is 31.8 Å². The molecule has 0 aliphatic carbocycles. The molecule has 3 aromatic heterocycles. The second-order valence-electron chi connectivity index (χ2n) is 5.96. The molecule has 3 aromatic rings. The van der Waals surface area contributed by atoms with E-state index < -0.39 is 11.9 Å². The molecule has 3 heterocycles. The number of anilines is 1. The Kier molecular flexibility index (Phi) is 5.48. The van der Waals surface area contributed by atoms with Crippen molar-refractivity contribution in [2.75, 3.05) is 12.4 Å². The molecule has 0 unspecified atom stereocenters. The van der Waals surface area contributed by atoms with Crippen LogP contribution in [-0.2, 0) is 26.2 Å². The topological polar surface area (TPSA) is 77.8 Å². The first-order valence-corrected chi connectivity index (χ1v) is 8.52. The molecule has 0 aromatic carbocycles. The van der Waals surface area contributed by atoms with Gasteiger partial charge >= 0.3 is 6.18 Å². The molecule has 28 heavy (non-hydrogen) atoms. The third-order valence-corrected chi connectivity index (χ3v) is 4.10. The van der Waals surface area contributed by atoms with Crippen LogP contribution in [0.4, 0.5) is 19.0 Å². The Balaban J connectivity index is 1.96. The number of ether oxygens (including phenoxy) is 1. The highest BCUT2D eigenvalue weighted by Crippen LogP contribution is 2.31. The van der Waals surface area contributed by atoms with Gasteiger partial charge in [-0.2, -0.15) is 18.3 Å². The van der Waals surface area contributed by atoms with Crippen molar-refractivity contribution in [3.63, 3.8) is 0 Å². The van der Waals surface area contributed by atoms with Gasteiger partial charge in [-0.1, -0.05) is 6.92 Å². The summed E-state index contributed by atoms with van der Waals surface area (Å²) >= 11 is 0. The summed E-state index contributed by atoms with van der Waals surface area (Å²) in [6, 6.07) is 4.00. The number of pyridine rings is 1. The third kappa shape index (κ3) is 4.05. The fourth-order valence-electron chi connectivity index (χ4n) is 2.81. The largest absolute Gasteiger partial charge is 0.481 e. The molecular weight excluding hydrogens is 373 g/mol. The van der Waals surface area contributed by atoms with Gasteiger partial charge in [0.2, 0.25) is 5.88 Å². The lowest BCUT2D eigenvalue weighted by molar-refractivity contribution is -0.141. The van der Waals surface area contributed by atoms with Crippen LogP contribution in [0.5, 0.6) is 5.88 Å². The SMILES string of the molecule is CCc1nn(C)c(OC)c1CNc1cc(C(F)(F)F)nc(-c2ccncc2)n1. The van der Waals surface area contributed by atoms with Crippen LogP contribution in [0, 0.1) is 0 Å². The van der Waals surface area contributed by atoms with Gasteiger partial charge < -0.3 is 10.1 Å². The van der Waals surface area contributed by atoms with Gasteiger partial charge in [-0.15, -0.1) is 0 Å². The minimum Gasteiger partial charge on any atom is -0.481 e. The van der Waals surface area contributed by atoms with Crippen molar-refractivity contribution in [2.45, 2.75) is 26.1 Å². The second-order valence-corrected chi connectivity index (χ2v) is 5.96. The van der Waals surface area contributed by atoms with Crippen molar-refractivity contribution in [1.82, 2.24) is 24.7 Å². The van der Waals surface area contributed by atoms with Gasteiger partial charge in [0.1, 0.15) is 5.82 Å². The van der Waals surface area contributed by atoms with E-state index in [1.165, 1.54) is 19.5 Å². The molecule has 0 aliphatic heterocycles. The molecule has 0 atom stereocenters. The van der Waals surface area contributed by atoms with Crippen LogP contribution in [0.1, 0.15) is 23.9 Å². The predicted molar refractivity (Wildman–Crippen MR) is 96.7 cm³/mol. The van der Waals surface area contributed by atoms with Crippen molar-refractivity contribution >= 4 is 5.82 Å². The zero-order valence-corrected chi connectivity index (χ0v) is 15.6. The normalized spacial score (nSPS) is 11.5. The standard InChI is InChI=1S/C18H19F3N6O/c1-4-13-12(17(28-3)27(2)26-13)10-23-15-9-14(18(19,20)21)24-16(25-15)11-5-7-22-8-6-11/h5-9H,4,10H2,1-3H3,(H,23,24,25). The molecule has 0 radical (unpaired) electrons. The van der Waals surface area contributed by atoms with Gasteiger partial charge in [-0.05, 0) is 18.6 Å². The lowest BCUT2D eigenvalue weighted by Gasteiger charge is -2.12. The predicted octanol–water partition coefficient (Wildman–Crippen LogP) is 3.47. The highest BCUT2D eigenvalue weighted by Gasteiger charge is 2.34. The zero-order chi connectivity index (χ0) is 20.3. The average Bonchev–Trinajstić information content (AvgIpc) is 3.00. The highest BCUT2D eigenvalue weighted by molar-refractivity contribution is 5.57. The van der Waals surface area contributed by atoms with Crippen LogP contribution >= 0.6 is 0 Å². The summed E-state index contributed by atoms with van der Waals surface area (Å²) in [7, 11) is 3.27. The zero-order valence-electron chi connectivity index (χ0n) is 15.6. The van der Waals surface area contributed by atoms with E-state index in [0.717, 1.165) is 17.3 Å². The van der Waals surface area contributed by atoms with E-state index in [1.54, 1.807) is 23.9 Å². The Labute approximate surface area is 159 Å². The Hall–Kier alpha value is -3.17. The number of halogens is 3. The van der Waals surface area contributed by atoms with E-state index >= 15 is 0 Å². The number of methoxy groups -OCH3 is 1.